The molecule has 0 amide bonds. The molecule has 0 aromatic carbocycles. The first-order valence-electron chi connectivity index (χ1n) is 7.86. The molecule has 3 saturated heterocycles. The maximum absolute atomic E-state index is 10.8. The van der Waals surface area contributed by atoms with Gasteiger partial charge in [-0.3, -0.25) is 0 Å². The molecule has 0 aromatic rings. The lowest BCUT2D eigenvalue weighted by atomic mass is 10.0. The van der Waals surface area contributed by atoms with Gasteiger partial charge in [-0.2, -0.15) is 0 Å². The Morgan fingerprint density at radius 1 is 1.00 bits per heavy atom. The zero-order chi connectivity index (χ0) is 16.0. The molecule has 0 spiro atoms. The first-order valence-corrected chi connectivity index (χ1v) is 9.96. The minimum absolute atomic E-state index is 0.133. The van der Waals surface area contributed by atoms with E-state index in [1.54, 1.807) is 0 Å². The lowest BCUT2D eigenvalue weighted by molar-refractivity contribution is -0.175. The van der Waals surface area contributed by atoms with Crippen LogP contribution in [0.3, 0.4) is 0 Å². The summed E-state index contributed by atoms with van der Waals surface area (Å²) in [6.07, 6.45) is -0.289. The van der Waals surface area contributed by atoms with E-state index in [-0.39, 0.29) is 22.9 Å². The van der Waals surface area contributed by atoms with Crippen LogP contribution in [0.25, 0.3) is 0 Å². The quantitative estimate of drug-likeness (QED) is 0.837. The predicted octanol–water partition coefficient (Wildman–Crippen LogP) is 2.22. The van der Waals surface area contributed by atoms with Crippen molar-refractivity contribution in [3.63, 3.8) is 0 Å². The van der Waals surface area contributed by atoms with E-state index in [1.807, 2.05) is 51.2 Å². The number of aliphatic hydroxyl groups is 1. The minimum atomic E-state index is -0.712. The molecule has 0 saturated carbocycles. The van der Waals surface area contributed by atoms with Gasteiger partial charge in [-0.15, -0.1) is 23.5 Å². The maximum Gasteiger partial charge on any atom is 0.164 e. The second kappa shape index (κ2) is 6.43. The molecule has 0 bridgehead atoms. The molecular formula is C15H26O5S2. The molecule has 1 N–H and O–H groups in total. The summed E-state index contributed by atoms with van der Waals surface area (Å²) in [5, 5.41) is 10.8. The average Bonchev–Trinajstić information content (AvgIpc) is 2.98. The molecule has 3 rings (SSSR count). The van der Waals surface area contributed by atoms with Crippen LogP contribution in [-0.4, -0.2) is 63.8 Å². The van der Waals surface area contributed by atoms with Crippen LogP contribution < -0.4 is 0 Å². The first kappa shape index (κ1) is 17.3. The minimum Gasteiger partial charge on any atom is -0.388 e. The lowest BCUT2D eigenvalue weighted by Gasteiger charge is -2.32. The van der Waals surface area contributed by atoms with Gasteiger partial charge in [-0.1, -0.05) is 0 Å². The number of hydrogen-bond acceptors (Lipinski definition) is 7. The van der Waals surface area contributed by atoms with Gasteiger partial charge in [0.05, 0.1) is 11.2 Å². The molecule has 3 heterocycles. The van der Waals surface area contributed by atoms with Crippen molar-refractivity contribution in [2.75, 3.05) is 18.1 Å². The Bertz CT molecular complexity index is 397. The molecule has 3 aliphatic rings. The maximum atomic E-state index is 10.8. The molecular weight excluding hydrogens is 324 g/mol. The van der Waals surface area contributed by atoms with Crippen molar-refractivity contribution in [3.05, 3.63) is 0 Å². The van der Waals surface area contributed by atoms with Crippen molar-refractivity contribution in [2.24, 2.45) is 0 Å². The first-order chi connectivity index (χ1) is 10.3. The Balaban J connectivity index is 1.72. The standard InChI is InChI=1S/C15H26O5S2/c1-14(2)17-8-9(18-14)11-12(20-15(3,4)19-11)10(16)13-21-6-5-7-22-13/h9-13,16H,5-8H2,1-4H3/t9-,10+,11+,12+/m1/s1. The lowest BCUT2D eigenvalue weighted by Crippen LogP contribution is -2.47. The van der Waals surface area contributed by atoms with Crippen molar-refractivity contribution in [1.82, 2.24) is 0 Å². The van der Waals surface area contributed by atoms with Gasteiger partial charge in [0.1, 0.15) is 24.4 Å². The van der Waals surface area contributed by atoms with Crippen molar-refractivity contribution in [3.8, 4) is 0 Å². The van der Waals surface area contributed by atoms with Crippen LogP contribution in [0.5, 0.6) is 0 Å². The van der Waals surface area contributed by atoms with E-state index in [1.165, 1.54) is 6.42 Å². The van der Waals surface area contributed by atoms with Crippen LogP contribution in [0.1, 0.15) is 34.1 Å². The number of ether oxygens (including phenoxy) is 4. The number of aliphatic hydroxyl groups excluding tert-OH is 1. The van der Waals surface area contributed by atoms with Crippen molar-refractivity contribution in [1.29, 1.82) is 0 Å². The highest BCUT2D eigenvalue weighted by Gasteiger charge is 2.53. The average molecular weight is 351 g/mol. The van der Waals surface area contributed by atoms with Gasteiger partial charge in [0.15, 0.2) is 11.6 Å². The van der Waals surface area contributed by atoms with Crippen LogP contribution >= 0.6 is 23.5 Å². The summed E-state index contributed by atoms with van der Waals surface area (Å²) < 4.78 is 23.8. The summed E-state index contributed by atoms with van der Waals surface area (Å²) in [4.78, 5) is 0. The van der Waals surface area contributed by atoms with E-state index in [2.05, 4.69) is 0 Å². The molecule has 5 nitrogen and oxygen atoms in total. The summed E-state index contributed by atoms with van der Waals surface area (Å²) >= 11 is 3.62. The molecule has 0 unspecified atom stereocenters. The van der Waals surface area contributed by atoms with Crippen molar-refractivity contribution >= 4 is 23.5 Å². The van der Waals surface area contributed by atoms with Crippen LogP contribution in [0.15, 0.2) is 0 Å². The summed E-state index contributed by atoms with van der Waals surface area (Å²) in [5.41, 5.74) is 0. The zero-order valence-electron chi connectivity index (χ0n) is 13.6. The highest BCUT2D eigenvalue weighted by molar-refractivity contribution is 8.17. The van der Waals surface area contributed by atoms with Crippen LogP contribution in [0.2, 0.25) is 0 Å². The molecule has 4 atom stereocenters. The molecule has 3 fully saturated rings. The third kappa shape index (κ3) is 3.77. The van der Waals surface area contributed by atoms with Gasteiger partial charge in [-0.05, 0) is 45.6 Å². The molecule has 22 heavy (non-hydrogen) atoms. The number of hydrogen-bond donors (Lipinski definition) is 1. The predicted molar refractivity (Wildman–Crippen MR) is 88.1 cm³/mol. The van der Waals surface area contributed by atoms with E-state index in [0.717, 1.165) is 11.5 Å². The highest BCUT2D eigenvalue weighted by atomic mass is 32.2. The van der Waals surface area contributed by atoms with Crippen LogP contribution in [-0.2, 0) is 18.9 Å². The fraction of sp³-hybridized carbons (Fsp3) is 1.00. The van der Waals surface area contributed by atoms with Gasteiger partial charge >= 0.3 is 0 Å². The van der Waals surface area contributed by atoms with Crippen LogP contribution in [0, 0.1) is 0 Å². The topological polar surface area (TPSA) is 57.2 Å². The third-order valence-electron chi connectivity index (χ3n) is 4.03. The SMILES string of the molecule is CC1(C)O[C@@H]([C@H](O)C2SCCCS2)[C@H]([C@H]2COC(C)(C)O2)O1. The smallest absolute Gasteiger partial charge is 0.164 e. The fourth-order valence-electron chi connectivity index (χ4n) is 3.10. The number of rotatable bonds is 3. The Morgan fingerprint density at radius 3 is 2.27 bits per heavy atom. The van der Waals surface area contributed by atoms with Gasteiger partial charge in [0.25, 0.3) is 0 Å². The number of thioether (sulfide) groups is 2. The molecule has 3 aliphatic heterocycles. The highest BCUT2D eigenvalue weighted by Crippen LogP contribution is 2.41. The summed E-state index contributed by atoms with van der Waals surface area (Å²) in [5.74, 6) is 0.861. The van der Waals surface area contributed by atoms with Gasteiger partial charge < -0.3 is 24.1 Å². The molecule has 0 aromatic heterocycles. The van der Waals surface area contributed by atoms with Gasteiger partial charge in [0, 0.05) is 0 Å². The van der Waals surface area contributed by atoms with E-state index < -0.39 is 17.7 Å². The normalized spacial score (nSPS) is 40.0. The van der Waals surface area contributed by atoms with E-state index in [0.29, 0.717) is 6.61 Å². The van der Waals surface area contributed by atoms with Crippen molar-refractivity contribution in [2.45, 2.75) is 74.7 Å². The monoisotopic (exact) mass is 350 g/mol. The van der Waals surface area contributed by atoms with E-state index in [4.69, 9.17) is 18.9 Å². The van der Waals surface area contributed by atoms with Crippen molar-refractivity contribution < 1.29 is 24.1 Å². The summed E-state index contributed by atoms with van der Waals surface area (Å²) in [7, 11) is 0. The van der Waals surface area contributed by atoms with Crippen LogP contribution in [0.4, 0.5) is 0 Å². The van der Waals surface area contributed by atoms with E-state index in [9.17, 15) is 5.11 Å². The summed E-state index contributed by atoms with van der Waals surface area (Å²) in [6, 6.07) is 0. The molecule has 7 heteroatoms. The largest absolute Gasteiger partial charge is 0.388 e. The molecule has 128 valence electrons. The Labute approximate surface area is 140 Å². The third-order valence-corrected chi connectivity index (χ3v) is 7.11. The Kier molecular flexibility index (Phi) is 5.06. The zero-order valence-corrected chi connectivity index (χ0v) is 15.2. The Morgan fingerprint density at radius 2 is 1.68 bits per heavy atom. The van der Waals surface area contributed by atoms with Gasteiger partial charge in [-0.25, -0.2) is 0 Å². The van der Waals surface area contributed by atoms with E-state index >= 15 is 0 Å². The second-order valence-electron chi connectivity index (χ2n) is 6.89. The fourth-order valence-corrected chi connectivity index (χ4v) is 6.04. The van der Waals surface area contributed by atoms with Gasteiger partial charge in [0.2, 0.25) is 0 Å². The molecule has 0 aliphatic carbocycles. The molecule has 0 radical (unpaired) electrons. The summed E-state index contributed by atoms with van der Waals surface area (Å²) in [6.45, 7) is 8.02. The Hall–Kier alpha value is 0.500. The second-order valence-corrected chi connectivity index (χ2v) is 9.68.